The normalized spacial score (nSPS) is 12.5. The molecule has 1 atom stereocenters. The second-order valence-electron chi connectivity index (χ2n) is 3.36. The third-order valence-corrected chi connectivity index (χ3v) is 2.89. The Labute approximate surface area is 104 Å². The molecule has 1 heterocycles. The van der Waals surface area contributed by atoms with Crippen LogP contribution in [0.5, 0.6) is 0 Å². The first-order valence-electron chi connectivity index (χ1n) is 5.03. The van der Waals surface area contributed by atoms with Crippen LogP contribution in [0, 0.1) is 5.92 Å². The van der Waals surface area contributed by atoms with Crippen LogP contribution in [-0.2, 0) is 0 Å². The molecule has 3 nitrogen and oxygen atoms in total. The van der Waals surface area contributed by atoms with Crippen molar-refractivity contribution in [2.75, 3.05) is 17.7 Å². The molecule has 1 aromatic rings. The molecule has 0 fully saturated rings. The van der Waals surface area contributed by atoms with Crippen molar-refractivity contribution in [2.45, 2.75) is 19.8 Å². The first-order valence-corrected chi connectivity index (χ1v) is 6.36. The summed E-state index contributed by atoms with van der Waals surface area (Å²) in [5.74, 6) is 1.97. The van der Waals surface area contributed by atoms with E-state index in [1.165, 1.54) is 0 Å². The summed E-state index contributed by atoms with van der Waals surface area (Å²) < 4.78 is 0.890. The highest BCUT2D eigenvalue weighted by molar-refractivity contribution is 9.10. The fourth-order valence-electron chi connectivity index (χ4n) is 1.24. The Balaban J connectivity index is 2.38. The SMILES string of the molecule is CCC(CCCl)CNc1ncc(Br)cn1. The van der Waals surface area contributed by atoms with E-state index in [1.54, 1.807) is 12.4 Å². The van der Waals surface area contributed by atoms with Crippen LogP contribution in [0.4, 0.5) is 5.95 Å². The van der Waals surface area contributed by atoms with Gasteiger partial charge in [0.15, 0.2) is 0 Å². The Bertz CT molecular complexity index is 279. The van der Waals surface area contributed by atoms with Crippen molar-refractivity contribution >= 4 is 33.5 Å². The zero-order valence-electron chi connectivity index (χ0n) is 8.71. The van der Waals surface area contributed by atoms with Gasteiger partial charge in [-0.3, -0.25) is 0 Å². The van der Waals surface area contributed by atoms with Gasteiger partial charge < -0.3 is 5.32 Å². The van der Waals surface area contributed by atoms with Crippen molar-refractivity contribution in [3.63, 3.8) is 0 Å². The van der Waals surface area contributed by atoms with Gasteiger partial charge in [-0.15, -0.1) is 11.6 Å². The fraction of sp³-hybridized carbons (Fsp3) is 0.600. The topological polar surface area (TPSA) is 37.8 Å². The first kappa shape index (κ1) is 12.7. The quantitative estimate of drug-likeness (QED) is 0.818. The lowest BCUT2D eigenvalue weighted by atomic mass is 10.0. The van der Waals surface area contributed by atoms with E-state index in [0.717, 1.165) is 23.9 Å². The number of nitrogens with zero attached hydrogens (tertiary/aromatic N) is 2. The van der Waals surface area contributed by atoms with Crippen LogP contribution in [0.2, 0.25) is 0 Å². The van der Waals surface area contributed by atoms with E-state index >= 15 is 0 Å². The van der Waals surface area contributed by atoms with Crippen molar-refractivity contribution in [1.29, 1.82) is 0 Å². The summed E-state index contributed by atoms with van der Waals surface area (Å²) in [7, 11) is 0. The Kier molecular flexibility index (Phi) is 5.95. The standard InChI is InChI=1S/C10H15BrClN3/c1-2-8(3-4-12)5-13-10-14-6-9(11)7-15-10/h6-8H,2-5H2,1H3,(H,13,14,15). The molecule has 0 saturated heterocycles. The minimum absolute atomic E-state index is 0.592. The number of nitrogens with one attached hydrogen (secondary N) is 1. The maximum absolute atomic E-state index is 5.71. The molecule has 0 bridgehead atoms. The lowest BCUT2D eigenvalue weighted by Crippen LogP contribution is -2.15. The molecule has 0 aliphatic carbocycles. The minimum Gasteiger partial charge on any atom is -0.354 e. The molecule has 0 amide bonds. The summed E-state index contributed by atoms with van der Waals surface area (Å²) in [6.07, 6.45) is 5.62. The maximum atomic E-state index is 5.71. The van der Waals surface area contributed by atoms with Crippen molar-refractivity contribution in [1.82, 2.24) is 9.97 Å². The number of hydrogen-bond acceptors (Lipinski definition) is 3. The highest BCUT2D eigenvalue weighted by Crippen LogP contribution is 2.11. The largest absolute Gasteiger partial charge is 0.354 e. The maximum Gasteiger partial charge on any atom is 0.222 e. The van der Waals surface area contributed by atoms with Crippen molar-refractivity contribution < 1.29 is 0 Å². The number of aromatic nitrogens is 2. The van der Waals surface area contributed by atoms with Crippen molar-refractivity contribution in [3.05, 3.63) is 16.9 Å². The number of alkyl halides is 1. The van der Waals surface area contributed by atoms with Gasteiger partial charge in [-0.2, -0.15) is 0 Å². The Morgan fingerprint density at radius 1 is 1.47 bits per heavy atom. The third-order valence-electron chi connectivity index (χ3n) is 2.26. The van der Waals surface area contributed by atoms with Crippen LogP contribution in [0.15, 0.2) is 16.9 Å². The minimum atomic E-state index is 0.592. The second kappa shape index (κ2) is 7.01. The molecule has 0 aliphatic heterocycles. The van der Waals surface area contributed by atoms with Gasteiger partial charge in [-0.25, -0.2) is 9.97 Å². The van der Waals surface area contributed by atoms with Crippen LogP contribution in [0.1, 0.15) is 19.8 Å². The molecule has 84 valence electrons. The van der Waals surface area contributed by atoms with E-state index in [0.29, 0.717) is 17.7 Å². The molecule has 0 aliphatic rings. The van der Waals surface area contributed by atoms with Gasteiger partial charge in [0.05, 0.1) is 4.47 Å². The highest BCUT2D eigenvalue weighted by atomic mass is 79.9. The van der Waals surface area contributed by atoms with E-state index in [-0.39, 0.29) is 0 Å². The monoisotopic (exact) mass is 291 g/mol. The number of anilines is 1. The van der Waals surface area contributed by atoms with Gasteiger partial charge in [-0.1, -0.05) is 13.3 Å². The molecule has 1 N–H and O–H groups in total. The smallest absolute Gasteiger partial charge is 0.222 e. The third kappa shape index (κ3) is 4.80. The predicted octanol–water partition coefficient (Wildman–Crippen LogP) is 3.31. The van der Waals surface area contributed by atoms with E-state index < -0.39 is 0 Å². The average Bonchev–Trinajstić information content (AvgIpc) is 2.26. The van der Waals surface area contributed by atoms with Crippen LogP contribution in [0.3, 0.4) is 0 Å². The fourth-order valence-corrected chi connectivity index (χ4v) is 1.76. The zero-order chi connectivity index (χ0) is 11.1. The average molecular weight is 293 g/mol. The summed E-state index contributed by atoms with van der Waals surface area (Å²) in [5.41, 5.74) is 0. The summed E-state index contributed by atoms with van der Waals surface area (Å²) >= 11 is 9.01. The van der Waals surface area contributed by atoms with Crippen LogP contribution >= 0.6 is 27.5 Å². The van der Waals surface area contributed by atoms with Crippen LogP contribution in [-0.4, -0.2) is 22.4 Å². The van der Waals surface area contributed by atoms with Gasteiger partial charge >= 0.3 is 0 Å². The van der Waals surface area contributed by atoms with Gasteiger partial charge in [-0.05, 0) is 28.3 Å². The second-order valence-corrected chi connectivity index (χ2v) is 4.65. The Morgan fingerprint density at radius 2 is 2.13 bits per heavy atom. The first-order chi connectivity index (χ1) is 7.26. The molecule has 0 spiro atoms. The van der Waals surface area contributed by atoms with Gasteiger partial charge in [0.2, 0.25) is 5.95 Å². The summed E-state index contributed by atoms with van der Waals surface area (Å²) in [6.45, 7) is 3.05. The summed E-state index contributed by atoms with van der Waals surface area (Å²) in [6, 6.07) is 0. The molecule has 1 unspecified atom stereocenters. The number of rotatable bonds is 6. The highest BCUT2D eigenvalue weighted by Gasteiger charge is 2.05. The van der Waals surface area contributed by atoms with E-state index in [1.807, 2.05) is 0 Å². The van der Waals surface area contributed by atoms with Gasteiger partial charge in [0, 0.05) is 24.8 Å². The van der Waals surface area contributed by atoms with Crippen molar-refractivity contribution in [3.8, 4) is 0 Å². The van der Waals surface area contributed by atoms with Gasteiger partial charge in [0.1, 0.15) is 0 Å². The molecule has 15 heavy (non-hydrogen) atoms. The molecule has 0 radical (unpaired) electrons. The van der Waals surface area contributed by atoms with Gasteiger partial charge in [0.25, 0.3) is 0 Å². The predicted molar refractivity (Wildman–Crippen MR) is 67.3 cm³/mol. The Morgan fingerprint density at radius 3 is 2.67 bits per heavy atom. The van der Waals surface area contributed by atoms with E-state index in [9.17, 15) is 0 Å². The number of hydrogen-bond donors (Lipinski definition) is 1. The molecule has 1 aromatic heterocycles. The van der Waals surface area contributed by atoms with Crippen molar-refractivity contribution in [2.24, 2.45) is 5.92 Å². The van der Waals surface area contributed by atoms with Crippen LogP contribution < -0.4 is 5.32 Å². The van der Waals surface area contributed by atoms with E-state index in [4.69, 9.17) is 11.6 Å². The van der Waals surface area contributed by atoms with E-state index in [2.05, 4.69) is 38.1 Å². The molecule has 5 heteroatoms. The lowest BCUT2D eigenvalue weighted by molar-refractivity contribution is 0.520. The lowest BCUT2D eigenvalue weighted by Gasteiger charge is -2.13. The molecule has 0 aromatic carbocycles. The zero-order valence-corrected chi connectivity index (χ0v) is 11.1. The molecular formula is C10H15BrClN3. The Hall–Kier alpha value is -0.350. The number of halogens is 2. The summed E-state index contributed by atoms with van der Waals surface area (Å²) in [5, 5.41) is 3.21. The molecule has 0 saturated carbocycles. The molecule has 1 rings (SSSR count). The van der Waals surface area contributed by atoms with Crippen LogP contribution in [0.25, 0.3) is 0 Å². The summed E-state index contributed by atoms with van der Waals surface area (Å²) in [4.78, 5) is 8.29. The molecular weight excluding hydrogens is 277 g/mol.